The van der Waals surface area contributed by atoms with E-state index >= 15 is 0 Å². The third-order valence-corrected chi connectivity index (χ3v) is 9.33. The smallest absolute Gasteiger partial charge is 0.340 e. The molecule has 13 nitrogen and oxygen atoms in total. The molecule has 35 heavy (non-hydrogen) atoms. The number of nitrogens with one attached hydrogen (secondary N) is 1. The molecule has 3 heterocycles. The molecule has 4 rings (SSSR count). The minimum absolute atomic E-state index is 0.0180. The lowest BCUT2D eigenvalue weighted by atomic mass is 10.1. The summed E-state index contributed by atoms with van der Waals surface area (Å²) >= 11 is 6.10. The van der Waals surface area contributed by atoms with Gasteiger partial charge in [-0.25, -0.2) is 18.3 Å². The van der Waals surface area contributed by atoms with E-state index in [9.17, 15) is 33.0 Å². The predicted octanol–water partition coefficient (Wildman–Crippen LogP) is 1.48. The van der Waals surface area contributed by atoms with E-state index in [0.717, 1.165) is 0 Å². The Morgan fingerprint density at radius 2 is 2.00 bits per heavy atom. The molecule has 2 unspecified atom stereocenters. The Kier molecular flexibility index (Phi) is 7.32. The lowest BCUT2D eigenvalue weighted by Crippen LogP contribution is -2.33. The summed E-state index contributed by atoms with van der Waals surface area (Å²) in [6, 6.07) is 0.896. The van der Waals surface area contributed by atoms with Crippen LogP contribution in [0.15, 0.2) is 12.3 Å². The fraction of sp³-hybridized carbons (Fsp3) is 0.647. The Balaban J connectivity index is 1.53. The van der Waals surface area contributed by atoms with E-state index in [1.165, 1.54) is 16.8 Å². The molecule has 0 bridgehead atoms. The predicted molar refractivity (Wildman–Crippen MR) is 117 cm³/mol. The van der Waals surface area contributed by atoms with Crippen molar-refractivity contribution in [2.75, 3.05) is 17.8 Å². The van der Waals surface area contributed by atoms with E-state index in [4.69, 9.17) is 26.1 Å². The highest BCUT2D eigenvalue weighted by atomic mass is 35.5. The number of nitrogens with zero attached hydrogens (tertiary/aromatic N) is 3. The van der Waals surface area contributed by atoms with Gasteiger partial charge in [-0.1, -0.05) is 11.6 Å². The Morgan fingerprint density at radius 1 is 1.29 bits per heavy atom. The molecule has 2 aromatic rings. The van der Waals surface area contributed by atoms with Crippen molar-refractivity contribution in [3.8, 4) is 0 Å². The second-order valence-corrected chi connectivity index (χ2v) is 12.9. The number of anilines is 1. The third kappa shape index (κ3) is 6.19. The summed E-state index contributed by atoms with van der Waals surface area (Å²) in [6.07, 6.45) is -4.84. The third-order valence-electron chi connectivity index (χ3n) is 5.68. The van der Waals surface area contributed by atoms with Crippen molar-refractivity contribution >= 4 is 38.1 Å². The molecule has 0 spiro atoms. The summed E-state index contributed by atoms with van der Waals surface area (Å²) in [5.74, 6) is -4.20. The summed E-state index contributed by atoms with van der Waals surface area (Å²) in [7, 11) is -9.57. The molecular formula is C17H23ClF2N4O9P2. The standard InChI is InChI=1S/C17H23ClF2N4O9P2/c18-12-3-9(22-8-1-2-17(19,20)4-8)16-21-5-10(24(16)23-12)15-14(26)13(25)11(33-15)6-32-35(30,31)7-34(27,28)29/h3,5,8,11,13-15,22,25-26H,1-2,4,6-7H2,(H,30,31)(H2,27,28,29)/t8?,11-,13-,14-,15+/m1/s1. The Morgan fingerprint density at radius 3 is 2.63 bits per heavy atom. The van der Waals surface area contributed by atoms with Gasteiger partial charge in [-0.05, 0) is 6.42 Å². The first kappa shape index (κ1) is 26.8. The number of fused-ring (bicyclic) bond motifs is 1. The average molecular weight is 563 g/mol. The van der Waals surface area contributed by atoms with Crippen LogP contribution >= 0.6 is 26.8 Å². The molecule has 6 atom stereocenters. The van der Waals surface area contributed by atoms with Gasteiger partial charge >= 0.3 is 15.2 Å². The first-order chi connectivity index (χ1) is 16.1. The van der Waals surface area contributed by atoms with Crippen molar-refractivity contribution in [2.45, 2.75) is 55.6 Å². The highest BCUT2D eigenvalue weighted by Gasteiger charge is 2.46. The molecular weight excluding hydrogens is 540 g/mol. The van der Waals surface area contributed by atoms with Crippen molar-refractivity contribution in [1.29, 1.82) is 0 Å². The average Bonchev–Trinajstić information content (AvgIpc) is 3.35. The van der Waals surface area contributed by atoms with Crippen LogP contribution in [0.4, 0.5) is 14.5 Å². The molecule has 18 heteroatoms. The van der Waals surface area contributed by atoms with Crippen molar-refractivity contribution in [2.24, 2.45) is 0 Å². The zero-order valence-electron chi connectivity index (χ0n) is 17.8. The number of ether oxygens (including phenoxy) is 1. The number of aliphatic hydroxyl groups excluding tert-OH is 2. The molecule has 6 N–H and O–H groups in total. The van der Waals surface area contributed by atoms with Crippen LogP contribution in [0.25, 0.3) is 5.65 Å². The SMILES string of the molecule is O=P(O)(O)CP(=O)(O)OC[C@H]1O[C@@H](c2cnc3c(NC4CCC(F)(F)C4)cc(Cl)nn23)[C@H](O)[C@@H]1O. The largest absolute Gasteiger partial charge is 0.387 e. The molecule has 1 aliphatic heterocycles. The van der Waals surface area contributed by atoms with Gasteiger partial charge in [-0.2, -0.15) is 5.10 Å². The Labute approximate surface area is 201 Å². The summed E-state index contributed by atoms with van der Waals surface area (Å²) in [5, 5.41) is 27.9. The minimum Gasteiger partial charge on any atom is -0.387 e. The van der Waals surface area contributed by atoms with E-state index in [0.29, 0.717) is 5.69 Å². The van der Waals surface area contributed by atoms with Crippen LogP contribution in [0.1, 0.15) is 31.1 Å². The molecule has 196 valence electrons. The Hall–Kier alpha value is -1.25. The summed E-state index contributed by atoms with van der Waals surface area (Å²) in [6.45, 7) is -0.754. The second kappa shape index (κ2) is 9.56. The van der Waals surface area contributed by atoms with Gasteiger partial charge in [-0.15, -0.1) is 0 Å². The normalized spacial score (nSPS) is 30.6. The van der Waals surface area contributed by atoms with Gasteiger partial charge in [0.1, 0.15) is 24.4 Å². The lowest BCUT2D eigenvalue weighted by molar-refractivity contribution is -0.0204. The van der Waals surface area contributed by atoms with Crippen LogP contribution in [-0.4, -0.2) is 82.3 Å². The van der Waals surface area contributed by atoms with E-state index in [2.05, 4.69) is 19.9 Å². The zero-order chi connectivity index (χ0) is 25.8. The van der Waals surface area contributed by atoms with Gasteiger partial charge in [0.15, 0.2) is 16.7 Å². The van der Waals surface area contributed by atoms with Crippen LogP contribution in [0.3, 0.4) is 0 Å². The number of halogens is 3. The van der Waals surface area contributed by atoms with Crippen LogP contribution < -0.4 is 5.32 Å². The van der Waals surface area contributed by atoms with Gasteiger partial charge < -0.3 is 39.5 Å². The van der Waals surface area contributed by atoms with Crippen LogP contribution in [0, 0.1) is 0 Å². The number of aliphatic hydroxyl groups is 2. The number of hydrogen-bond donors (Lipinski definition) is 6. The van der Waals surface area contributed by atoms with Crippen LogP contribution in [0.5, 0.6) is 0 Å². The molecule has 2 fully saturated rings. The highest BCUT2D eigenvalue weighted by molar-refractivity contribution is 7.70. The molecule has 1 aliphatic carbocycles. The Bertz CT molecular complexity index is 1200. The maximum Gasteiger partial charge on any atom is 0.340 e. The highest BCUT2D eigenvalue weighted by Crippen LogP contribution is 2.55. The van der Waals surface area contributed by atoms with E-state index in [1.807, 2.05) is 0 Å². The van der Waals surface area contributed by atoms with E-state index in [1.54, 1.807) is 0 Å². The van der Waals surface area contributed by atoms with Crippen LogP contribution in [-0.2, 0) is 18.4 Å². The molecule has 0 amide bonds. The summed E-state index contributed by atoms with van der Waals surface area (Å²) < 4.78 is 61.5. The van der Waals surface area contributed by atoms with Gasteiger partial charge in [0, 0.05) is 24.9 Å². The molecule has 0 radical (unpaired) electrons. The maximum atomic E-state index is 13.6. The van der Waals surface area contributed by atoms with Gasteiger partial charge in [0.2, 0.25) is 5.92 Å². The van der Waals surface area contributed by atoms with Gasteiger partial charge in [0.05, 0.1) is 24.2 Å². The molecule has 2 aliphatic rings. The van der Waals surface area contributed by atoms with Crippen molar-refractivity contribution in [3.63, 3.8) is 0 Å². The topological polar surface area (TPSA) is 196 Å². The number of hydrogen-bond acceptors (Lipinski definition) is 9. The monoisotopic (exact) mass is 562 g/mol. The van der Waals surface area contributed by atoms with Crippen LogP contribution in [0.2, 0.25) is 5.15 Å². The van der Waals surface area contributed by atoms with E-state index < -0.39 is 64.1 Å². The molecule has 1 saturated heterocycles. The van der Waals surface area contributed by atoms with Gasteiger partial charge in [0.25, 0.3) is 0 Å². The van der Waals surface area contributed by atoms with Crippen molar-refractivity contribution in [3.05, 3.63) is 23.1 Å². The number of aromatic nitrogens is 3. The number of rotatable bonds is 8. The fourth-order valence-electron chi connectivity index (χ4n) is 4.14. The maximum absolute atomic E-state index is 13.6. The van der Waals surface area contributed by atoms with Crippen molar-refractivity contribution < 1.29 is 52.1 Å². The first-order valence-electron chi connectivity index (χ1n) is 10.4. The first-order valence-corrected chi connectivity index (χ1v) is 14.3. The minimum atomic E-state index is -4.85. The molecule has 1 saturated carbocycles. The number of alkyl halides is 2. The zero-order valence-corrected chi connectivity index (χ0v) is 20.4. The quantitative estimate of drug-likeness (QED) is 0.254. The summed E-state index contributed by atoms with van der Waals surface area (Å²) in [4.78, 5) is 31.6. The lowest BCUT2D eigenvalue weighted by Gasteiger charge is -2.18. The molecule has 0 aromatic carbocycles. The van der Waals surface area contributed by atoms with E-state index in [-0.39, 0.29) is 35.8 Å². The van der Waals surface area contributed by atoms with Gasteiger partial charge in [-0.3, -0.25) is 9.13 Å². The van der Waals surface area contributed by atoms with Crippen molar-refractivity contribution in [1.82, 2.24) is 14.6 Å². The molecule has 2 aromatic heterocycles. The second-order valence-electron chi connectivity index (χ2n) is 8.55. The summed E-state index contributed by atoms with van der Waals surface area (Å²) in [5.41, 5.74) is 0.662. The fourth-order valence-corrected chi connectivity index (χ4v) is 6.90. The number of imidazole rings is 1.